The van der Waals surface area contributed by atoms with E-state index in [1.807, 2.05) is 54.6 Å². The number of carbonyl (C=O) groups is 1. The Labute approximate surface area is 233 Å². The number of aliphatic imine (C=N–C) groups is 1. The maximum Gasteiger partial charge on any atom is 0.266 e. The molecule has 204 valence electrons. The first-order valence-electron chi connectivity index (χ1n) is 12.6. The van der Waals surface area contributed by atoms with Gasteiger partial charge in [0.05, 0.1) is 13.7 Å². The largest absolute Gasteiger partial charge is 0.497 e. The lowest BCUT2D eigenvalue weighted by atomic mass is 9.84. The maximum absolute atomic E-state index is 13.8. The average Bonchev–Trinajstić information content (AvgIpc) is 3.35. The molecule has 3 aromatic carbocycles. The predicted octanol–water partition coefficient (Wildman–Crippen LogP) is 4.76. The van der Waals surface area contributed by atoms with E-state index in [-0.39, 0.29) is 18.9 Å². The van der Waals surface area contributed by atoms with Crippen LogP contribution in [0.4, 0.5) is 0 Å². The van der Waals surface area contributed by atoms with Crippen molar-refractivity contribution in [2.75, 3.05) is 20.3 Å². The highest BCUT2D eigenvalue weighted by Gasteiger charge is 2.52. The van der Waals surface area contributed by atoms with E-state index in [1.165, 1.54) is 0 Å². The Morgan fingerprint density at radius 3 is 2.67 bits per heavy atom. The van der Waals surface area contributed by atoms with Gasteiger partial charge in [0.1, 0.15) is 11.5 Å². The van der Waals surface area contributed by atoms with Crippen molar-refractivity contribution in [2.45, 2.75) is 31.0 Å². The summed E-state index contributed by atoms with van der Waals surface area (Å²) < 4.78 is 17.5. The number of aliphatic hydroxyl groups is 1. The number of halogens is 1. The molecule has 0 spiro atoms. The molecule has 39 heavy (non-hydrogen) atoms. The van der Waals surface area contributed by atoms with E-state index in [0.29, 0.717) is 47.6 Å². The van der Waals surface area contributed by atoms with E-state index in [4.69, 9.17) is 35.9 Å². The lowest BCUT2D eigenvalue weighted by molar-refractivity contribution is -0.129. The molecule has 9 heteroatoms. The van der Waals surface area contributed by atoms with Gasteiger partial charge in [0.2, 0.25) is 5.90 Å². The summed E-state index contributed by atoms with van der Waals surface area (Å²) in [5.41, 5.74) is 6.72. The molecule has 3 N–H and O–H groups in total. The monoisotopic (exact) mass is 549 g/mol. The predicted molar refractivity (Wildman–Crippen MR) is 151 cm³/mol. The quantitative estimate of drug-likeness (QED) is 0.161. The fourth-order valence-corrected chi connectivity index (χ4v) is 4.51. The molecule has 1 heterocycles. The first-order chi connectivity index (χ1) is 19.0. The fraction of sp³-hybridized carbons (Fsp3) is 0.267. The minimum Gasteiger partial charge on any atom is -0.497 e. The number of aliphatic hydroxyl groups excluding tert-OH is 1. The summed E-state index contributed by atoms with van der Waals surface area (Å²) in [5, 5.41) is 9.57. The van der Waals surface area contributed by atoms with Gasteiger partial charge < -0.3 is 19.3 Å². The van der Waals surface area contributed by atoms with E-state index in [9.17, 15) is 4.79 Å². The summed E-state index contributed by atoms with van der Waals surface area (Å²) in [6.07, 6.45) is 1.68. The van der Waals surface area contributed by atoms with E-state index in [2.05, 4.69) is 17.4 Å². The molecular weight excluding hydrogens is 518 g/mol. The molecule has 0 aromatic heterocycles. The summed E-state index contributed by atoms with van der Waals surface area (Å²) in [6.45, 7) is 4.70. The number of rotatable bonds is 13. The van der Waals surface area contributed by atoms with Crippen LogP contribution in [0.25, 0.3) is 0 Å². The van der Waals surface area contributed by atoms with Crippen LogP contribution in [0.1, 0.15) is 35.6 Å². The molecule has 0 unspecified atom stereocenters. The topological polar surface area (TPSA) is 101 Å². The number of ether oxygens (including phenoxy) is 3. The highest BCUT2D eigenvalue weighted by atomic mass is 35.5. The van der Waals surface area contributed by atoms with Crippen LogP contribution in [0.15, 0.2) is 90.4 Å². The molecule has 0 saturated carbocycles. The molecule has 0 saturated heterocycles. The standard InChI is InChI=1S/C30H32ClN3O5/c1-3-16-30(29(36)34-32-20-23-8-4-5-11-26(23)31)27(22-9-6-10-25(19-22)37-2)39-28(33-30)21-12-14-24(15-13-21)38-18-7-17-35/h3-6,8-15,19,27,32,35H,1,7,16-18,20H2,2H3,(H,34,36)/t27-,30-/m0/s1. The molecule has 0 bridgehead atoms. The van der Waals surface area contributed by atoms with Crippen molar-refractivity contribution in [3.63, 3.8) is 0 Å². The van der Waals surface area contributed by atoms with Crippen LogP contribution in [0.3, 0.4) is 0 Å². The molecule has 1 amide bonds. The normalized spacial score (nSPS) is 18.1. The van der Waals surface area contributed by atoms with Crippen LogP contribution in [-0.4, -0.2) is 42.8 Å². The van der Waals surface area contributed by atoms with Gasteiger partial charge in [-0.1, -0.05) is 48.0 Å². The van der Waals surface area contributed by atoms with Crippen LogP contribution >= 0.6 is 11.6 Å². The lowest BCUT2D eigenvalue weighted by Crippen LogP contribution is -2.52. The first kappa shape index (κ1) is 28.2. The summed E-state index contributed by atoms with van der Waals surface area (Å²) in [4.78, 5) is 18.7. The van der Waals surface area contributed by atoms with Gasteiger partial charge in [0.15, 0.2) is 11.6 Å². The van der Waals surface area contributed by atoms with Crippen molar-refractivity contribution in [1.29, 1.82) is 0 Å². The zero-order chi connectivity index (χ0) is 27.7. The minimum absolute atomic E-state index is 0.0646. The van der Waals surface area contributed by atoms with Gasteiger partial charge >= 0.3 is 0 Å². The van der Waals surface area contributed by atoms with Crippen molar-refractivity contribution in [3.05, 3.63) is 107 Å². The summed E-state index contributed by atoms with van der Waals surface area (Å²) >= 11 is 6.27. The zero-order valence-electron chi connectivity index (χ0n) is 21.7. The van der Waals surface area contributed by atoms with Crippen molar-refractivity contribution >= 4 is 23.4 Å². The Kier molecular flexibility index (Phi) is 9.59. The molecule has 1 aliphatic heterocycles. The number of nitrogens with zero attached hydrogens (tertiary/aromatic N) is 1. The molecule has 4 rings (SSSR count). The smallest absolute Gasteiger partial charge is 0.266 e. The second-order valence-electron chi connectivity index (χ2n) is 8.96. The molecule has 2 atom stereocenters. The van der Waals surface area contributed by atoms with Crippen LogP contribution in [0, 0.1) is 0 Å². The van der Waals surface area contributed by atoms with Gasteiger partial charge in [0.25, 0.3) is 5.91 Å². The third-order valence-electron chi connectivity index (χ3n) is 6.32. The van der Waals surface area contributed by atoms with E-state index in [1.54, 1.807) is 31.4 Å². The van der Waals surface area contributed by atoms with Gasteiger partial charge in [-0.15, -0.1) is 6.58 Å². The van der Waals surface area contributed by atoms with Gasteiger partial charge in [-0.3, -0.25) is 10.2 Å². The number of hydrogen-bond acceptors (Lipinski definition) is 7. The number of amides is 1. The van der Waals surface area contributed by atoms with Gasteiger partial charge in [-0.25, -0.2) is 10.4 Å². The highest BCUT2D eigenvalue weighted by molar-refractivity contribution is 6.31. The Balaban J connectivity index is 1.64. The van der Waals surface area contributed by atoms with E-state index in [0.717, 1.165) is 11.1 Å². The number of carbonyl (C=O) groups excluding carboxylic acids is 1. The number of hydrogen-bond donors (Lipinski definition) is 3. The Morgan fingerprint density at radius 1 is 1.15 bits per heavy atom. The van der Waals surface area contributed by atoms with Crippen LogP contribution in [0.5, 0.6) is 11.5 Å². The Bertz CT molecular complexity index is 1310. The van der Waals surface area contributed by atoms with Gasteiger partial charge in [-0.05, 0) is 53.6 Å². The van der Waals surface area contributed by atoms with Crippen molar-refractivity contribution in [2.24, 2.45) is 4.99 Å². The lowest BCUT2D eigenvalue weighted by Gasteiger charge is -2.30. The molecule has 0 fully saturated rings. The van der Waals surface area contributed by atoms with Crippen molar-refractivity contribution in [1.82, 2.24) is 10.9 Å². The Hall–Kier alpha value is -3.85. The average molecular weight is 550 g/mol. The fourth-order valence-electron chi connectivity index (χ4n) is 4.31. The summed E-state index contributed by atoms with van der Waals surface area (Å²) in [6, 6.07) is 22.1. The molecule has 0 radical (unpaired) electrons. The number of nitrogens with one attached hydrogen (secondary N) is 2. The molecule has 1 aliphatic rings. The molecule has 8 nitrogen and oxygen atoms in total. The van der Waals surface area contributed by atoms with Crippen LogP contribution < -0.4 is 20.3 Å². The minimum atomic E-state index is -1.34. The van der Waals surface area contributed by atoms with Crippen molar-refractivity contribution < 1.29 is 24.1 Å². The van der Waals surface area contributed by atoms with E-state index < -0.39 is 11.6 Å². The van der Waals surface area contributed by atoms with E-state index >= 15 is 0 Å². The first-order valence-corrected chi connectivity index (χ1v) is 13.0. The number of hydrazine groups is 1. The van der Waals surface area contributed by atoms with Crippen molar-refractivity contribution in [3.8, 4) is 11.5 Å². The number of methoxy groups -OCH3 is 1. The number of benzene rings is 3. The maximum atomic E-state index is 13.8. The van der Waals surface area contributed by atoms with Gasteiger partial charge in [0, 0.05) is 36.6 Å². The highest BCUT2D eigenvalue weighted by Crippen LogP contribution is 2.43. The third-order valence-corrected chi connectivity index (χ3v) is 6.69. The SMILES string of the molecule is C=CC[C@]1(C(=O)NNCc2ccccc2Cl)N=C(c2ccc(OCCCO)cc2)O[C@H]1c1cccc(OC)c1. The molecular formula is C30H32ClN3O5. The second kappa shape index (κ2) is 13.3. The summed E-state index contributed by atoms with van der Waals surface area (Å²) in [7, 11) is 1.59. The van der Waals surface area contributed by atoms with Crippen LogP contribution in [-0.2, 0) is 16.1 Å². The Morgan fingerprint density at radius 2 is 1.95 bits per heavy atom. The van der Waals surface area contributed by atoms with Crippen LogP contribution in [0.2, 0.25) is 5.02 Å². The molecule has 0 aliphatic carbocycles. The summed E-state index contributed by atoms with van der Waals surface area (Å²) in [5.74, 6) is 1.25. The third kappa shape index (κ3) is 6.60. The second-order valence-corrected chi connectivity index (χ2v) is 9.36. The molecule has 3 aromatic rings. The zero-order valence-corrected chi connectivity index (χ0v) is 22.5. The van der Waals surface area contributed by atoms with Gasteiger partial charge in [-0.2, -0.15) is 0 Å².